The van der Waals surface area contributed by atoms with Gasteiger partial charge in [-0.2, -0.15) is 0 Å². The van der Waals surface area contributed by atoms with Gasteiger partial charge < -0.3 is 0 Å². The molecule has 0 aliphatic rings. The van der Waals surface area contributed by atoms with Gasteiger partial charge in [-0.15, -0.1) is 0 Å². The summed E-state index contributed by atoms with van der Waals surface area (Å²) >= 11 is 0. The molecule has 2 heteroatoms. The Labute approximate surface area is 179 Å². The minimum atomic E-state index is -2.16. The molecule has 0 N–H and O–H groups in total. The van der Waals surface area contributed by atoms with Crippen LogP contribution in [0.5, 0.6) is 0 Å². The van der Waals surface area contributed by atoms with Crippen LogP contribution in [-0.2, 0) is 4.79 Å². The van der Waals surface area contributed by atoms with Gasteiger partial charge in [-0.3, -0.25) is 4.79 Å². The number of carbonyl (C=O) groups is 1. The molecular weight excluding hydrogens is 383 g/mol. The second-order valence-corrected chi connectivity index (χ2v) is 11.2. The molecule has 148 valence electrons. The van der Waals surface area contributed by atoms with E-state index in [1.807, 2.05) is 6.07 Å². The number of Topliss-reactive ketones (excluding diaryl/α,β-unsaturated/α-hetero) is 1. The molecule has 0 bridgehead atoms. The molecule has 0 unspecified atom stereocenters. The van der Waals surface area contributed by atoms with Crippen LogP contribution in [0.25, 0.3) is 0 Å². The number of benzene rings is 4. The molecule has 0 aromatic heterocycles. The molecule has 0 amide bonds. The van der Waals surface area contributed by atoms with Gasteiger partial charge >= 0.3 is 0 Å². The largest absolute Gasteiger partial charge is 0.300 e. The summed E-state index contributed by atoms with van der Waals surface area (Å²) in [6.45, 7) is 1.71. The van der Waals surface area contributed by atoms with Crippen LogP contribution in [0.15, 0.2) is 121 Å². The molecule has 1 nitrogen and oxygen atoms in total. The third-order valence-electron chi connectivity index (χ3n) is 5.62. The first kappa shape index (κ1) is 20.3. The van der Waals surface area contributed by atoms with Gasteiger partial charge in [-0.05, 0) is 48.9 Å². The molecule has 0 spiro atoms. The van der Waals surface area contributed by atoms with E-state index in [-0.39, 0.29) is 11.4 Å². The molecule has 4 rings (SSSR count). The van der Waals surface area contributed by atoms with Crippen LogP contribution in [0.3, 0.4) is 0 Å². The van der Waals surface area contributed by atoms with Crippen molar-refractivity contribution in [3.8, 4) is 0 Å². The quantitative estimate of drug-likeness (QED) is 0.358. The molecule has 4 aromatic rings. The first-order valence-electron chi connectivity index (χ1n) is 10.3. The summed E-state index contributed by atoms with van der Waals surface area (Å²) in [6.07, 6.45) is 0.510. The molecule has 1 atom stereocenters. The Kier molecular flexibility index (Phi) is 6.21. The van der Waals surface area contributed by atoms with E-state index in [1.165, 1.54) is 21.5 Å². The third kappa shape index (κ3) is 3.86. The molecule has 0 fully saturated rings. The van der Waals surface area contributed by atoms with Crippen molar-refractivity contribution >= 4 is 29.0 Å². The summed E-state index contributed by atoms with van der Waals surface area (Å²) in [5.74, 6) is 0.219. The van der Waals surface area contributed by atoms with Crippen LogP contribution < -0.4 is 15.9 Å². The maximum Gasteiger partial charge on any atom is 0.134 e. The van der Waals surface area contributed by atoms with Gasteiger partial charge in [-0.25, -0.2) is 0 Å². The van der Waals surface area contributed by atoms with Crippen molar-refractivity contribution in [3.63, 3.8) is 0 Å². The average Bonchev–Trinajstić information content (AvgIpc) is 2.81. The maximum atomic E-state index is 12.6. The van der Waals surface area contributed by atoms with Crippen LogP contribution >= 0.6 is 7.26 Å². The lowest BCUT2D eigenvalue weighted by molar-refractivity contribution is -0.117. The van der Waals surface area contributed by atoms with Crippen molar-refractivity contribution in [2.45, 2.75) is 19.0 Å². The van der Waals surface area contributed by atoms with Crippen molar-refractivity contribution in [2.24, 2.45) is 0 Å². The lowest BCUT2D eigenvalue weighted by Crippen LogP contribution is -2.36. The van der Waals surface area contributed by atoms with E-state index in [1.54, 1.807) is 6.92 Å². The number of carbonyl (C=O) groups excluding carboxylic acids is 1. The van der Waals surface area contributed by atoms with Gasteiger partial charge in [-0.1, -0.05) is 84.9 Å². The molecule has 4 aromatic carbocycles. The van der Waals surface area contributed by atoms with E-state index in [4.69, 9.17) is 0 Å². The fraction of sp³-hybridized carbons (Fsp3) is 0.107. The summed E-state index contributed by atoms with van der Waals surface area (Å²) in [4.78, 5) is 12.6. The highest BCUT2D eigenvalue weighted by Crippen LogP contribution is 2.67. The van der Waals surface area contributed by atoms with E-state index in [9.17, 15) is 4.79 Å². The lowest BCUT2D eigenvalue weighted by atomic mass is 10.1. The molecular formula is C28H26OP+. The Morgan fingerprint density at radius 1 is 0.600 bits per heavy atom. The van der Waals surface area contributed by atoms with E-state index >= 15 is 0 Å². The van der Waals surface area contributed by atoms with Crippen molar-refractivity contribution in [3.05, 3.63) is 127 Å². The van der Waals surface area contributed by atoms with Crippen LogP contribution in [0.2, 0.25) is 0 Å². The standard InChI is InChI=1S/C28H26OP/c1-23(29)22-28(24-14-6-2-7-15-24)30(25-16-8-3-9-17-25,26-18-10-4-11-19-26)27-20-12-5-13-21-27/h2-21,28H,22H2,1H3/q+1/t28-/m1/s1. The molecule has 0 radical (unpaired) electrons. The predicted molar refractivity (Wildman–Crippen MR) is 130 cm³/mol. The van der Waals surface area contributed by atoms with Gasteiger partial charge in [0.1, 0.15) is 34.6 Å². The Morgan fingerprint density at radius 2 is 0.933 bits per heavy atom. The Morgan fingerprint density at radius 3 is 1.27 bits per heavy atom. The highest BCUT2D eigenvalue weighted by molar-refractivity contribution is 7.96. The van der Waals surface area contributed by atoms with Crippen molar-refractivity contribution in [2.75, 3.05) is 0 Å². The van der Waals surface area contributed by atoms with Gasteiger partial charge in [0.2, 0.25) is 0 Å². The molecule has 0 saturated heterocycles. The van der Waals surface area contributed by atoms with Crippen molar-refractivity contribution in [1.29, 1.82) is 0 Å². The Bertz CT molecular complexity index is 980. The fourth-order valence-electron chi connectivity index (χ4n) is 4.40. The number of ketones is 1. The predicted octanol–water partition coefficient (Wildman–Crippen LogP) is 5.70. The summed E-state index contributed by atoms with van der Waals surface area (Å²) in [5.41, 5.74) is 1.29. The zero-order valence-electron chi connectivity index (χ0n) is 17.2. The third-order valence-corrected chi connectivity index (χ3v) is 10.4. The van der Waals surface area contributed by atoms with E-state index < -0.39 is 7.26 Å². The van der Waals surface area contributed by atoms with Crippen molar-refractivity contribution < 1.29 is 4.79 Å². The second kappa shape index (κ2) is 9.20. The highest BCUT2D eigenvalue weighted by atomic mass is 31.2. The monoisotopic (exact) mass is 409 g/mol. The van der Waals surface area contributed by atoms with E-state index in [0.29, 0.717) is 6.42 Å². The number of rotatable bonds is 7. The molecule has 30 heavy (non-hydrogen) atoms. The van der Waals surface area contributed by atoms with Crippen molar-refractivity contribution in [1.82, 2.24) is 0 Å². The number of hydrogen-bond donors (Lipinski definition) is 0. The van der Waals surface area contributed by atoms with Gasteiger partial charge in [0.05, 0.1) is 0 Å². The lowest BCUT2D eigenvalue weighted by Gasteiger charge is -2.34. The van der Waals surface area contributed by atoms with Crippen LogP contribution in [0.1, 0.15) is 24.6 Å². The zero-order chi connectivity index (χ0) is 20.8. The maximum absolute atomic E-state index is 12.6. The van der Waals surface area contributed by atoms with Gasteiger partial charge in [0, 0.05) is 6.42 Å². The Hall–Kier alpha value is -3.02. The summed E-state index contributed by atoms with van der Waals surface area (Å²) in [7, 11) is -2.16. The highest BCUT2D eigenvalue weighted by Gasteiger charge is 2.53. The minimum absolute atomic E-state index is 0.0726. The molecule has 0 aliphatic carbocycles. The van der Waals surface area contributed by atoms with Crippen LogP contribution in [0.4, 0.5) is 0 Å². The Balaban J connectivity index is 2.12. The SMILES string of the molecule is CC(=O)C[C@H](c1ccccc1)[P+](c1ccccc1)(c1ccccc1)c1ccccc1. The molecule has 0 heterocycles. The zero-order valence-corrected chi connectivity index (χ0v) is 18.1. The van der Waals surface area contributed by atoms with E-state index in [2.05, 4.69) is 115 Å². The van der Waals surface area contributed by atoms with Crippen LogP contribution in [-0.4, -0.2) is 5.78 Å². The van der Waals surface area contributed by atoms with E-state index in [0.717, 1.165) is 0 Å². The second-order valence-electron chi connectivity index (χ2n) is 7.56. The van der Waals surface area contributed by atoms with Crippen LogP contribution in [0, 0.1) is 0 Å². The summed E-state index contributed by atoms with van der Waals surface area (Å²) in [5, 5.41) is 3.91. The topological polar surface area (TPSA) is 17.1 Å². The normalized spacial score (nSPS) is 12.3. The summed E-state index contributed by atoms with van der Waals surface area (Å²) < 4.78 is 0. The molecule has 0 saturated carbocycles. The summed E-state index contributed by atoms with van der Waals surface area (Å²) in [6, 6.07) is 42.9. The van der Waals surface area contributed by atoms with Gasteiger partial charge in [0.15, 0.2) is 0 Å². The fourth-order valence-corrected chi connectivity index (χ4v) is 9.45. The van der Waals surface area contributed by atoms with Gasteiger partial charge in [0.25, 0.3) is 0 Å². The first-order chi connectivity index (χ1) is 14.7. The molecule has 0 aliphatic heterocycles. The smallest absolute Gasteiger partial charge is 0.134 e. The minimum Gasteiger partial charge on any atom is -0.300 e. The number of hydrogen-bond acceptors (Lipinski definition) is 1. The first-order valence-corrected chi connectivity index (χ1v) is 12.2. The average molecular weight is 409 g/mol.